The third-order valence-electron chi connectivity index (χ3n) is 4.78. The Kier molecular flexibility index (Phi) is 7.60. The van der Waals surface area contributed by atoms with Gasteiger partial charge in [-0.15, -0.1) is 0 Å². The first kappa shape index (κ1) is 23.6. The lowest BCUT2D eigenvalue weighted by Crippen LogP contribution is -2.27. The minimum absolute atomic E-state index is 0.177. The molecule has 1 aliphatic heterocycles. The lowest BCUT2D eigenvalue weighted by molar-refractivity contribution is -0.113. The van der Waals surface area contributed by atoms with E-state index in [4.69, 9.17) is 44.9 Å². The number of hydrogen-bond donors (Lipinski definition) is 0. The van der Waals surface area contributed by atoms with Crippen molar-refractivity contribution in [3.05, 3.63) is 92.8 Å². The molecule has 8 heteroatoms. The molecule has 1 heterocycles. The van der Waals surface area contributed by atoms with Gasteiger partial charge in [0.2, 0.25) is 0 Å². The predicted molar refractivity (Wildman–Crippen MR) is 140 cm³/mol. The van der Waals surface area contributed by atoms with Crippen LogP contribution in [0.15, 0.2) is 71.6 Å². The monoisotopic (exact) mass is 515 g/mol. The molecule has 0 saturated carbocycles. The van der Waals surface area contributed by atoms with Crippen LogP contribution in [0.2, 0.25) is 10.0 Å². The molecule has 33 heavy (non-hydrogen) atoms. The van der Waals surface area contributed by atoms with Gasteiger partial charge in [0.1, 0.15) is 6.61 Å². The Morgan fingerprint density at radius 3 is 2.48 bits per heavy atom. The van der Waals surface area contributed by atoms with Crippen molar-refractivity contribution in [2.45, 2.75) is 13.5 Å². The summed E-state index contributed by atoms with van der Waals surface area (Å²) >= 11 is 18.9. The molecule has 0 spiro atoms. The number of carbonyl (C=O) groups excluding carboxylic acids is 1. The zero-order valence-electron chi connectivity index (χ0n) is 17.6. The van der Waals surface area contributed by atoms with Gasteiger partial charge >= 0.3 is 0 Å². The van der Waals surface area contributed by atoms with E-state index in [2.05, 4.69) is 0 Å². The van der Waals surface area contributed by atoms with Gasteiger partial charge in [0.15, 0.2) is 15.8 Å². The lowest BCUT2D eigenvalue weighted by atomic mass is 10.1. The Balaban J connectivity index is 1.55. The molecule has 0 unspecified atom stereocenters. The lowest BCUT2D eigenvalue weighted by Gasteiger charge is -2.14. The molecule has 3 aromatic carbocycles. The first-order chi connectivity index (χ1) is 16.0. The smallest absolute Gasteiger partial charge is 0.270 e. The van der Waals surface area contributed by atoms with Gasteiger partial charge in [-0.25, -0.2) is 0 Å². The first-order valence-electron chi connectivity index (χ1n) is 10.1. The first-order valence-corrected chi connectivity index (χ1v) is 12.1. The summed E-state index contributed by atoms with van der Waals surface area (Å²) in [5.74, 6) is 1.01. The van der Waals surface area contributed by atoms with Crippen molar-refractivity contribution in [3.8, 4) is 11.5 Å². The van der Waals surface area contributed by atoms with Gasteiger partial charge in [-0.05, 0) is 61.0 Å². The quantitative estimate of drug-likeness (QED) is 0.242. The summed E-state index contributed by atoms with van der Waals surface area (Å²) in [6.07, 6.45) is 1.80. The zero-order valence-corrected chi connectivity index (χ0v) is 20.7. The number of benzene rings is 3. The number of amides is 1. The topological polar surface area (TPSA) is 38.8 Å². The third-order valence-corrected chi connectivity index (χ3v) is 6.71. The summed E-state index contributed by atoms with van der Waals surface area (Å²) in [5.41, 5.74) is 2.38. The van der Waals surface area contributed by atoms with Crippen molar-refractivity contribution >= 4 is 69.2 Å². The van der Waals surface area contributed by atoms with E-state index in [9.17, 15) is 4.79 Å². The van der Waals surface area contributed by atoms with Gasteiger partial charge in [-0.2, -0.15) is 0 Å². The van der Waals surface area contributed by atoms with Gasteiger partial charge in [0, 0.05) is 15.6 Å². The van der Waals surface area contributed by atoms with Crippen molar-refractivity contribution < 1.29 is 14.3 Å². The van der Waals surface area contributed by atoms with E-state index in [1.165, 1.54) is 16.7 Å². The summed E-state index contributed by atoms with van der Waals surface area (Å²) in [7, 11) is 0. The van der Waals surface area contributed by atoms with Crippen LogP contribution in [0.3, 0.4) is 0 Å². The molecule has 0 atom stereocenters. The highest BCUT2D eigenvalue weighted by molar-refractivity contribution is 8.27. The number of ether oxygens (including phenoxy) is 2. The maximum atomic E-state index is 13.0. The third kappa shape index (κ3) is 5.53. The Labute approximate surface area is 212 Å². The number of thiocarbonyl (C=S) groups is 1. The number of nitrogens with zero attached hydrogens (tertiary/aromatic N) is 1. The van der Waals surface area contributed by atoms with Crippen molar-refractivity contribution in [3.63, 3.8) is 0 Å². The van der Waals surface area contributed by atoms with E-state index in [1.54, 1.807) is 30.3 Å². The SMILES string of the molecule is CCOc1cc(/C=C2/SC(=S)N(c3ccc(Cl)cc3)C2=O)ccc1OCc1ccccc1Cl. The molecule has 0 N–H and O–H groups in total. The highest BCUT2D eigenvalue weighted by atomic mass is 35.5. The maximum absolute atomic E-state index is 13.0. The summed E-state index contributed by atoms with van der Waals surface area (Å²) < 4.78 is 12.2. The average Bonchev–Trinajstić information content (AvgIpc) is 3.08. The number of halogens is 2. The van der Waals surface area contributed by atoms with Gasteiger partial charge in [0.25, 0.3) is 5.91 Å². The van der Waals surface area contributed by atoms with Crippen LogP contribution in [0.1, 0.15) is 18.1 Å². The van der Waals surface area contributed by atoms with E-state index >= 15 is 0 Å². The second-order valence-corrected chi connectivity index (χ2v) is 9.53. The summed E-state index contributed by atoms with van der Waals surface area (Å²) in [6, 6.07) is 20.1. The molecule has 0 aliphatic carbocycles. The normalized spacial score (nSPS) is 14.8. The van der Waals surface area contributed by atoms with E-state index in [1.807, 2.05) is 49.4 Å². The number of hydrogen-bond acceptors (Lipinski definition) is 5. The fraction of sp³-hybridized carbons (Fsp3) is 0.120. The molecule has 1 amide bonds. The van der Waals surface area contributed by atoms with E-state index in [0.717, 1.165) is 11.1 Å². The van der Waals surface area contributed by atoms with Gasteiger partial charge in [0.05, 0.1) is 17.2 Å². The number of rotatable bonds is 7. The van der Waals surface area contributed by atoms with Crippen molar-refractivity contribution in [1.29, 1.82) is 0 Å². The largest absolute Gasteiger partial charge is 0.490 e. The molecule has 1 saturated heterocycles. The van der Waals surface area contributed by atoms with Gasteiger partial charge < -0.3 is 9.47 Å². The Bertz CT molecular complexity index is 1230. The molecule has 0 aromatic heterocycles. The minimum atomic E-state index is -0.177. The molecule has 1 fully saturated rings. The molecule has 0 radical (unpaired) electrons. The van der Waals surface area contributed by atoms with Crippen LogP contribution < -0.4 is 14.4 Å². The molecule has 168 valence electrons. The zero-order chi connectivity index (χ0) is 23.4. The average molecular weight is 516 g/mol. The number of carbonyl (C=O) groups is 1. The molecule has 1 aliphatic rings. The van der Waals surface area contributed by atoms with Crippen molar-refractivity contribution in [1.82, 2.24) is 0 Å². The van der Waals surface area contributed by atoms with E-state index in [0.29, 0.717) is 49.7 Å². The second-order valence-electron chi connectivity index (χ2n) is 7.01. The second kappa shape index (κ2) is 10.6. The summed E-state index contributed by atoms with van der Waals surface area (Å²) in [5, 5.41) is 1.25. The highest BCUT2D eigenvalue weighted by Crippen LogP contribution is 2.37. The molecular weight excluding hydrogens is 497 g/mol. The van der Waals surface area contributed by atoms with Crippen LogP contribution >= 0.6 is 47.2 Å². The molecule has 4 nitrogen and oxygen atoms in total. The van der Waals surface area contributed by atoms with Crippen molar-refractivity contribution in [2.75, 3.05) is 11.5 Å². The molecule has 3 aromatic rings. The summed E-state index contributed by atoms with van der Waals surface area (Å²) in [6.45, 7) is 2.70. The Morgan fingerprint density at radius 1 is 1.00 bits per heavy atom. The van der Waals surface area contributed by atoms with Crippen LogP contribution in [0.5, 0.6) is 11.5 Å². The molecule has 0 bridgehead atoms. The predicted octanol–water partition coefficient (Wildman–Crippen LogP) is 7.38. The Morgan fingerprint density at radius 2 is 1.76 bits per heavy atom. The maximum Gasteiger partial charge on any atom is 0.270 e. The number of anilines is 1. The van der Waals surface area contributed by atoms with Gasteiger partial charge in [-0.1, -0.05) is 71.4 Å². The van der Waals surface area contributed by atoms with Crippen LogP contribution in [-0.2, 0) is 11.4 Å². The minimum Gasteiger partial charge on any atom is -0.490 e. The van der Waals surface area contributed by atoms with Crippen LogP contribution in [0.25, 0.3) is 6.08 Å². The summed E-state index contributed by atoms with van der Waals surface area (Å²) in [4.78, 5) is 15.1. The highest BCUT2D eigenvalue weighted by Gasteiger charge is 2.33. The van der Waals surface area contributed by atoms with Gasteiger partial charge in [-0.3, -0.25) is 9.69 Å². The fourth-order valence-electron chi connectivity index (χ4n) is 3.20. The molecular formula is C25H19Cl2NO3S2. The van der Waals surface area contributed by atoms with E-state index in [-0.39, 0.29) is 5.91 Å². The Hall–Kier alpha value is -2.51. The standard InChI is InChI=1S/C25H19Cl2NO3S2/c1-2-30-22-13-16(7-12-21(22)31-15-17-5-3-4-6-20(17)27)14-23-24(29)28(25(32)33-23)19-10-8-18(26)9-11-19/h3-14H,2,15H2,1H3/b23-14+. The van der Waals surface area contributed by atoms with E-state index < -0.39 is 0 Å². The number of thioether (sulfide) groups is 1. The fourth-order valence-corrected chi connectivity index (χ4v) is 4.82. The van der Waals surface area contributed by atoms with Crippen molar-refractivity contribution in [2.24, 2.45) is 0 Å². The van der Waals surface area contributed by atoms with Crippen LogP contribution in [-0.4, -0.2) is 16.8 Å². The van der Waals surface area contributed by atoms with Crippen LogP contribution in [0, 0.1) is 0 Å². The van der Waals surface area contributed by atoms with Crippen LogP contribution in [0.4, 0.5) is 5.69 Å². The molecule has 4 rings (SSSR count).